The van der Waals surface area contributed by atoms with Gasteiger partial charge >= 0.3 is 5.97 Å². The zero-order chi connectivity index (χ0) is 13.0. The van der Waals surface area contributed by atoms with E-state index in [2.05, 4.69) is 10.2 Å². The van der Waals surface area contributed by atoms with Gasteiger partial charge in [-0.3, -0.25) is 4.79 Å². The number of hydrogen-bond donors (Lipinski definition) is 2. The molecule has 0 aliphatic heterocycles. The van der Waals surface area contributed by atoms with Gasteiger partial charge in [0, 0.05) is 12.5 Å². The van der Waals surface area contributed by atoms with E-state index in [0.717, 1.165) is 11.3 Å². The van der Waals surface area contributed by atoms with Crippen molar-refractivity contribution in [2.24, 2.45) is 5.73 Å². The third-order valence-corrected chi connectivity index (χ3v) is 2.64. The highest BCUT2D eigenvalue weighted by atomic mass is 16.4. The van der Waals surface area contributed by atoms with Gasteiger partial charge in [0.15, 0.2) is 0 Å². The number of rotatable bonds is 5. The van der Waals surface area contributed by atoms with Gasteiger partial charge in [0.1, 0.15) is 0 Å². The minimum absolute atomic E-state index is 0.0730. The number of benzene rings is 1. The van der Waals surface area contributed by atoms with E-state index in [4.69, 9.17) is 10.8 Å². The predicted molar refractivity (Wildman–Crippen MR) is 65.2 cm³/mol. The molecule has 1 atom stereocenters. The van der Waals surface area contributed by atoms with E-state index in [0.29, 0.717) is 6.42 Å². The highest BCUT2D eigenvalue weighted by Crippen LogP contribution is 2.17. The van der Waals surface area contributed by atoms with Gasteiger partial charge < -0.3 is 10.8 Å². The molecule has 6 heteroatoms. The normalized spacial score (nSPS) is 12.3. The van der Waals surface area contributed by atoms with E-state index in [1.54, 1.807) is 12.4 Å². The van der Waals surface area contributed by atoms with Crippen LogP contribution in [-0.2, 0) is 4.79 Å². The molecule has 18 heavy (non-hydrogen) atoms. The Morgan fingerprint density at radius 2 is 1.89 bits per heavy atom. The second-order valence-electron chi connectivity index (χ2n) is 3.95. The van der Waals surface area contributed by atoms with Gasteiger partial charge in [-0.2, -0.15) is 15.0 Å². The fourth-order valence-corrected chi connectivity index (χ4v) is 1.65. The SMILES string of the molecule is NC(CCC(=O)O)c1ccc(-n2nccn2)cc1. The number of hydrogen-bond acceptors (Lipinski definition) is 4. The van der Waals surface area contributed by atoms with Gasteiger partial charge in [0.2, 0.25) is 0 Å². The molecule has 1 heterocycles. The Morgan fingerprint density at radius 3 is 2.44 bits per heavy atom. The molecule has 0 bridgehead atoms. The largest absolute Gasteiger partial charge is 0.481 e. The molecule has 0 radical (unpaired) electrons. The van der Waals surface area contributed by atoms with Crippen LogP contribution in [0, 0.1) is 0 Å². The first kappa shape index (κ1) is 12.3. The number of aromatic nitrogens is 3. The average molecular weight is 246 g/mol. The summed E-state index contributed by atoms with van der Waals surface area (Å²) in [4.78, 5) is 12.0. The van der Waals surface area contributed by atoms with Crippen molar-refractivity contribution in [1.82, 2.24) is 15.0 Å². The second-order valence-corrected chi connectivity index (χ2v) is 3.95. The molecule has 0 aliphatic carbocycles. The molecule has 1 unspecified atom stereocenters. The van der Waals surface area contributed by atoms with Crippen molar-refractivity contribution in [3.8, 4) is 5.69 Å². The first-order valence-electron chi connectivity index (χ1n) is 5.61. The van der Waals surface area contributed by atoms with Gasteiger partial charge in [0.05, 0.1) is 18.1 Å². The third kappa shape index (κ3) is 2.92. The number of carbonyl (C=O) groups is 1. The van der Waals surface area contributed by atoms with Crippen LogP contribution >= 0.6 is 0 Å². The summed E-state index contributed by atoms with van der Waals surface area (Å²) in [5, 5.41) is 16.6. The zero-order valence-electron chi connectivity index (χ0n) is 9.73. The fourth-order valence-electron chi connectivity index (χ4n) is 1.65. The Labute approximate surface area is 104 Å². The topological polar surface area (TPSA) is 94.0 Å². The maximum atomic E-state index is 10.5. The zero-order valence-corrected chi connectivity index (χ0v) is 9.73. The van der Waals surface area contributed by atoms with Crippen LogP contribution in [0.2, 0.25) is 0 Å². The third-order valence-electron chi connectivity index (χ3n) is 2.64. The van der Waals surface area contributed by atoms with Crippen LogP contribution in [0.4, 0.5) is 0 Å². The Kier molecular flexibility index (Phi) is 3.69. The Hall–Kier alpha value is -2.21. The standard InChI is InChI=1S/C12H14N4O2/c13-11(5-6-12(17)18)9-1-3-10(4-2-9)16-14-7-8-15-16/h1-4,7-8,11H,5-6,13H2,(H,17,18). The highest BCUT2D eigenvalue weighted by molar-refractivity contribution is 5.66. The Bertz CT molecular complexity index is 507. The maximum Gasteiger partial charge on any atom is 0.303 e. The molecule has 1 aromatic carbocycles. The summed E-state index contributed by atoms with van der Waals surface area (Å²) in [6, 6.07) is 7.18. The highest BCUT2D eigenvalue weighted by Gasteiger charge is 2.08. The van der Waals surface area contributed by atoms with E-state index >= 15 is 0 Å². The smallest absolute Gasteiger partial charge is 0.303 e. The number of carboxylic acid groups (broad SMARTS) is 1. The molecule has 0 saturated carbocycles. The lowest BCUT2D eigenvalue weighted by Gasteiger charge is -2.11. The second kappa shape index (κ2) is 5.42. The van der Waals surface area contributed by atoms with Crippen LogP contribution in [0.15, 0.2) is 36.7 Å². The molecule has 6 nitrogen and oxygen atoms in total. The molecule has 2 aromatic rings. The molecule has 0 amide bonds. The van der Waals surface area contributed by atoms with Crippen molar-refractivity contribution in [3.05, 3.63) is 42.2 Å². The van der Waals surface area contributed by atoms with Gasteiger partial charge in [-0.25, -0.2) is 0 Å². The van der Waals surface area contributed by atoms with Crippen molar-refractivity contribution in [2.75, 3.05) is 0 Å². The monoisotopic (exact) mass is 246 g/mol. The summed E-state index contributed by atoms with van der Waals surface area (Å²) in [6.07, 6.45) is 3.71. The number of nitrogens with two attached hydrogens (primary N) is 1. The molecule has 0 spiro atoms. The van der Waals surface area contributed by atoms with Crippen molar-refractivity contribution in [3.63, 3.8) is 0 Å². The van der Waals surface area contributed by atoms with Crippen molar-refractivity contribution >= 4 is 5.97 Å². The lowest BCUT2D eigenvalue weighted by Crippen LogP contribution is -2.12. The van der Waals surface area contributed by atoms with Crippen LogP contribution in [0.1, 0.15) is 24.4 Å². The van der Waals surface area contributed by atoms with Crippen LogP contribution in [-0.4, -0.2) is 26.1 Å². The number of aliphatic carboxylic acids is 1. The summed E-state index contributed by atoms with van der Waals surface area (Å²) in [5.41, 5.74) is 7.66. The average Bonchev–Trinajstić information content (AvgIpc) is 2.90. The van der Waals surface area contributed by atoms with E-state index in [1.165, 1.54) is 4.80 Å². The van der Waals surface area contributed by atoms with Crippen LogP contribution in [0.5, 0.6) is 0 Å². The first-order valence-corrected chi connectivity index (χ1v) is 5.61. The van der Waals surface area contributed by atoms with Crippen LogP contribution < -0.4 is 5.73 Å². The lowest BCUT2D eigenvalue weighted by atomic mass is 10.0. The quantitative estimate of drug-likeness (QED) is 0.824. The molecule has 0 saturated heterocycles. The summed E-state index contributed by atoms with van der Waals surface area (Å²) >= 11 is 0. The van der Waals surface area contributed by atoms with Crippen molar-refractivity contribution < 1.29 is 9.90 Å². The number of nitrogens with zero attached hydrogens (tertiary/aromatic N) is 3. The van der Waals surface area contributed by atoms with Crippen LogP contribution in [0.25, 0.3) is 5.69 Å². The predicted octanol–water partition coefficient (Wildman–Crippen LogP) is 1.13. The first-order chi connectivity index (χ1) is 8.66. The van der Waals surface area contributed by atoms with Gasteiger partial charge in [-0.1, -0.05) is 12.1 Å². The van der Waals surface area contributed by atoms with Crippen molar-refractivity contribution in [1.29, 1.82) is 0 Å². The molecule has 0 fully saturated rings. The molecule has 2 rings (SSSR count). The molecular formula is C12H14N4O2. The Morgan fingerprint density at radius 1 is 1.28 bits per heavy atom. The minimum atomic E-state index is -0.831. The van der Waals surface area contributed by atoms with Crippen LogP contribution in [0.3, 0.4) is 0 Å². The molecule has 0 aliphatic rings. The van der Waals surface area contributed by atoms with Gasteiger partial charge in [0.25, 0.3) is 0 Å². The summed E-state index contributed by atoms with van der Waals surface area (Å²) in [7, 11) is 0. The summed E-state index contributed by atoms with van der Waals surface area (Å²) in [6.45, 7) is 0. The fraction of sp³-hybridized carbons (Fsp3) is 0.250. The maximum absolute atomic E-state index is 10.5. The lowest BCUT2D eigenvalue weighted by molar-refractivity contribution is -0.137. The minimum Gasteiger partial charge on any atom is -0.481 e. The molecule has 1 aromatic heterocycles. The van der Waals surface area contributed by atoms with E-state index < -0.39 is 5.97 Å². The number of carboxylic acids is 1. The molecule has 94 valence electrons. The van der Waals surface area contributed by atoms with E-state index in [9.17, 15) is 4.79 Å². The van der Waals surface area contributed by atoms with Gasteiger partial charge in [-0.05, 0) is 24.1 Å². The molecule has 3 N–H and O–H groups in total. The van der Waals surface area contributed by atoms with Crippen molar-refractivity contribution in [2.45, 2.75) is 18.9 Å². The summed E-state index contributed by atoms with van der Waals surface area (Å²) in [5.74, 6) is -0.831. The van der Waals surface area contributed by atoms with E-state index in [-0.39, 0.29) is 12.5 Å². The van der Waals surface area contributed by atoms with Gasteiger partial charge in [-0.15, -0.1) is 0 Å². The molecular weight excluding hydrogens is 232 g/mol. The summed E-state index contributed by atoms with van der Waals surface area (Å²) < 4.78 is 0. The Balaban J connectivity index is 2.05. The van der Waals surface area contributed by atoms with E-state index in [1.807, 2.05) is 24.3 Å².